The van der Waals surface area contributed by atoms with E-state index >= 15 is 0 Å². The first-order valence-electron chi connectivity index (χ1n) is 7.44. The summed E-state index contributed by atoms with van der Waals surface area (Å²) in [5.74, 6) is 0.0380. The van der Waals surface area contributed by atoms with Crippen molar-refractivity contribution >= 4 is 5.97 Å². The van der Waals surface area contributed by atoms with Gasteiger partial charge in [0, 0.05) is 6.42 Å². The lowest BCUT2D eigenvalue weighted by Crippen LogP contribution is -2.50. The van der Waals surface area contributed by atoms with Gasteiger partial charge in [-0.1, -0.05) is 25.1 Å². The van der Waals surface area contributed by atoms with Crippen LogP contribution in [0.4, 0.5) is 0 Å². The number of benzene rings is 1. The quantitative estimate of drug-likeness (QED) is 0.718. The summed E-state index contributed by atoms with van der Waals surface area (Å²) in [6.07, 6.45) is 1.88. The number of carbonyl (C=O) groups is 1. The molecular formula is C16H23NO4. The highest BCUT2D eigenvalue weighted by Gasteiger charge is 2.45. The summed E-state index contributed by atoms with van der Waals surface area (Å²) >= 11 is 0. The van der Waals surface area contributed by atoms with Gasteiger partial charge in [0.15, 0.2) is 0 Å². The summed E-state index contributed by atoms with van der Waals surface area (Å²) < 4.78 is 11.3. The fourth-order valence-corrected chi connectivity index (χ4v) is 2.80. The highest BCUT2D eigenvalue weighted by molar-refractivity contribution is 5.79. The van der Waals surface area contributed by atoms with Crippen molar-refractivity contribution in [2.75, 3.05) is 19.8 Å². The van der Waals surface area contributed by atoms with Crippen LogP contribution in [0.2, 0.25) is 0 Å². The summed E-state index contributed by atoms with van der Waals surface area (Å²) in [5, 5.41) is 12.5. The minimum Gasteiger partial charge on any atom is -0.491 e. The number of carboxylic acid groups (broad SMARTS) is 1. The molecule has 0 bridgehead atoms. The van der Waals surface area contributed by atoms with Gasteiger partial charge in [-0.05, 0) is 31.5 Å². The molecule has 1 saturated carbocycles. The Hall–Kier alpha value is -1.59. The van der Waals surface area contributed by atoms with Gasteiger partial charge < -0.3 is 19.9 Å². The van der Waals surface area contributed by atoms with Crippen molar-refractivity contribution in [2.24, 2.45) is 0 Å². The minimum atomic E-state index is -0.820. The number of carboxylic acids is 1. The second-order valence-electron chi connectivity index (χ2n) is 5.31. The monoisotopic (exact) mass is 293 g/mol. The fourth-order valence-electron chi connectivity index (χ4n) is 2.80. The normalized spacial score (nSPS) is 24.9. The number of hydrogen-bond acceptors (Lipinski definition) is 4. The summed E-state index contributed by atoms with van der Waals surface area (Å²) in [4.78, 5) is 11.4. The highest BCUT2D eigenvalue weighted by Crippen LogP contribution is 2.32. The van der Waals surface area contributed by atoms with Crippen LogP contribution in [-0.4, -0.2) is 42.5 Å². The highest BCUT2D eigenvalue weighted by atomic mass is 16.5. The van der Waals surface area contributed by atoms with E-state index in [9.17, 15) is 9.90 Å². The van der Waals surface area contributed by atoms with Crippen LogP contribution >= 0.6 is 0 Å². The standard InChI is InChI=1S/C16H23NO4/c1-2-17-16(15(18)19)9-8-14(12-16)21-11-10-20-13-6-4-3-5-7-13/h3-7,14,17H,2,8-12H2,1H3,(H,18,19). The zero-order chi connectivity index (χ0) is 15.1. The molecule has 1 aromatic rings. The van der Waals surface area contributed by atoms with E-state index in [1.54, 1.807) is 0 Å². The van der Waals surface area contributed by atoms with Crippen LogP contribution in [0.15, 0.2) is 30.3 Å². The van der Waals surface area contributed by atoms with Crippen LogP contribution in [0.25, 0.3) is 0 Å². The number of rotatable bonds is 8. The molecule has 2 unspecified atom stereocenters. The van der Waals surface area contributed by atoms with Gasteiger partial charge in [0.25, 0.3) is 0 Å². The van der Waals surface area contributed by atoms with E-state index in [2.05, 4.69) is 5.32 Å². The van der Waals surface area contributed by atoms with Gasteiger partial charge >= 0.3 is 5.97 Å². The average molecular weight is 293 g/mol. The smallest absolute Gasteiger partial charge is 0.323 e. The molecule has 0 saturated heterocycles. The third-order valence-electron chi connectivity index (χ3n) is 3.84. The molecule has 2 N–H and O–H groups in total. The molecule has 1 fully saturated rings. The summed E-state index contributed by atoms with van der Waals surface area (Å²) in [7, 11) is 0. The Morgan fingerprint density at radius 1 is 1.38 bits per heavy atom. The van der Waals surface area contributed by atoms with E-state index in [-0.39, 0.29) is 6.10 Å². The lowest BCUT2D eigenvalue weighted by atomic mass is 9.98. The van der Waals surface area contributed by atoms with Gasteiger partial charge in [0.1, 0.15) is 17.9 Å². The molecule has 21 heavy (non-hydrogen) atoms. The van der Waals surface area contributed by atoms with E-state index in [1.807, 2.05) is 37.3 Å². The topological polar surface area (TPSA) is 67.8 Å². The average Bonchev–Trinajstić information content (AvgIpc) is 2.90. The number of hydrogen-bond donors (Lipinski definition) is 2. The second kappa shape index (κ2) is 7.43. The molecule has 1 aliphatic carbocycles. The van der Waals surface area contributed by atoms with Crippen LogP contribution in [0.3, 0.4) is 0 Å². The Kier molecular flexibility index (Phi) is 5.59. The summed E-state index contributed by atoms with van der Waals surface area (Å²) in [6.45, 7) is 3.52. The first-order valence-corrected chi connectivity index (χ1v) is 7.44. The molecule has 0 heterocycles. The summed E-state index contributed by atoms with van der Waals surface area (Å²) in [5.41, 5.74) is -0.820. The molecule has 0 aliphatic heterocycles. The third kappa shape index (κ3) is 4.19. The van der Waals surface area contributed by atoms with Gasteiger partial charge in [0.05, 0.1) is 12.7 Å². The second-order valence-corrected chi connectivity index (χ2v) is 5.31. The van der Waals surface area contributed by atoms with Crippen LogP contribution < -0.4 is 10.1 Å². The van der Waals surface area contributed by atoms with Gasteiger partial charge in [0.2, 0.25) is 0 Å². The van der Waals surface area contributed by atoms with E-state index in [1.165, 1.54) is 0 Å². The largest absolute Gasteiger partial charge is 0.491 e. The maximum absolute atomic E-state index is 11.4. The Labute approximate surface area is 125 Å². The molecule has 116 valence electrons. The molecule has 2 atom stereocenters. The molecule has 0 radical (unpaired) electrons. The maximum atomic E-state index is 11.4. The summed E-state index contributed by atoms with van der Waals surface area (Å²) in [6, 6.07) is 9.58. The van der Waals surface area contributed by atoms with Crippen LogP contribution in [0.5, 0.6) is 5.75 Å². The van der Waals surface area contributed by atoms with E-state index in [4.69, 9.17) is 9.47 Å². The van der Waals surface area contributed by atoms with E-state index in [0.717, 1.165) is 12.2 Å². The molecule has 1 aromatic carbocycles. The lowest BCUT2D eigenvalue weighted by molar-refractivity contribution is -0.145. The zero-order valence-electron chi connectivity index (χ0n) is 12.4. The lowest BCUT2D eigenvalue weighted by Gasteiger charge is -2.25. The Morgan fingerprint density at radius 3 is 2.81 bits per heavy atom. The fraction of sp³-hybridized carbons (Fsp3) is 0.562. The number of ether oxygens (including phenoxy) is 2. The molecule has 2 rings (SSSR count). The SMILES string of the molecule is CCNC1(C(=O)O)CCC(OCCOc2ccccc2)C1. The molecule has 0 amide bonds. The van der Waals surface area contributed by atoms with E-state index < -0.39 is 11.5 Å². The third-order valence-corrected chi connectivity index (χ3v) is 3.84. The Bertz CT molecular complexity index is 451. The van der Waals surface area contributed by atoms with Gasteiger partial charge in [-0.15, -0.1) is 0 Å². The molecule has 5 heteroatoms. The predicted molar refractivity (Wildman–Crippen MR) is 79.6 cm³/mol. The first-order chi connectivity index (χ1) is 10.2. The van der Waals surface area contributed by atoms with Crippen molar-refractivity contribution in [1.29, 1.82) is 0 Å². The Morgan fingerprint density at radius 2 is 2.14 bits per heavy atom. The van der Waals surface area contributed by atoms with Crippen molar-refractivity contribution in [3.63, 3.8) is 0 Å². The Balaban J connectivity index is 1.71. The number of para-hydroxylation sites is 1. The molecule has 0 aromatic heterocycles. The van der Waals surface area contributed by atoms with Gasteiger partial charge in [-0.25, -0.2) is 0 Å². The molecule has 0 spiro atoms. The van der Waals surface area contributed by atoms with E-state index in [0.29, 0.717) is 32.6 Å². The minimum absolute atomic E-state index is 0.0143. The number of nitrogens with one attached hydrogen (secondary N) is 1. The zero-order valence-corrected chi connectivity index (χ0v) is 12.4. The van der Waals surface area contributed by atoms with Gasteiger partial charge in [-0.3, -0.25) is 4.79 Å². The first kappa shape index (κ1) is 15.8. The van der Waals surface area contributed by atoms with Crippen molar-refractivity contribution < 1.29 is 19.4 Å². The van der Waals surface area contributed by atoms with Crippen molar-refractivity contribution in [2.45, 2.75) is 37.8 Å². The maximum Gasteiger partial charge on any atom is 0.323 e. The van der Waals surface area contributed by atoms with Crippen LogP contribution in [0.1, 0.15) is 26.2 Å². The molecular weight excluding hydrogens is 270 g/mol. The number of aliphatic carboxylic acids is 1. The predicted octanol–water partition coefficient (Wildman–Crippen LogP) is 2.07. The van der Waals surface area contributed by atoms with Gasteiger partial charge in [-0.2, -0.15) is 0 Å². The van der Waals surface area contributed by atoms with Crippen molar-refractivity contribution in [3.05, 3.63) is 30.3 Å². The molecule has 1 aliphatic rings. The van der Waals surface area contributed by atoms with Crippen LogP contribution in [0, 0.1) is 0 Å². The van der Waals surface area contributed by atoms with Crippen molar-refractivity contribution in [1.82, 2.24) is 5.32 Å². The van der Waals surface area contributed by atoms with Crippen LogP contribution in [-0.2, 0) is 9.53 Å². The molecule has 5 nitrogen and oxygen atoms in total. The number of likely N-dealkylation sites (N-methyl/N-ethyl adjacent to an activating group) is 1. The van der Waals surface area contributed by atoms with Crippen molar-refractivity contribution in [3.8, 4) is 5.75 Å².